The second kappa shape index (κ2) is 13.5. The molecule has 0 aliphatic carbocycles. The van der Waals surface area contributed by atoms with Gasteiger partial charge < -0.3 is 0 Å². The standard InChI is InChI=1S/C10H12O.C7H14O.C5H10O/c1-8(2)10(11)9-6-4-3-5-7-9;1-5(2)7(8)6(3)4;1-4(2)5(3)6/h3-8H,1-2H3;5-6H,1-4H3;4H,1-3H3. The second-order valence-electron chi connectivity index (χ2n) is 7.36. The van der Waals surface area contributed by atoms with E-state index in [1.807, 2.05) is 85.7 Å². The van der Waals surface area contributed by atoms with E-state index in [1.165, 1.54) is 0 Å². The predicted octanol–water partition coefficient (Wildman–Crippen LogP) is 5.62. The van der Waals surface area contributed by atoms with E-state index >= 15 is 0 Å². The number of carbonyl (C=O) groups excluding carboxylic acids is 3. The molecule has 0 bridgehead atoms. The molecule has 1 aromatic carbocycles. The van der Waals surface area contributed by atoms with Crippen molar-refractivity contribution < 1.29 is 14.4 Å². The molecule has 0 N–H and O–H groups in total. The van der Waals surface area contributed by atoms with E-state index < -0.39 is 0 Å². The summed E-state index contributed by atoms with van der Waals surface area (Å²) in [5, 5.41) is 0. The summed E-state index contributed by atoms with van der Waals surface area (Å²) in [6, 6.07) is 9.38. The van der Waals surface area contributed by atoms with E-state index in [2.05, 4.69) is 0 Å². The number of carbonyl (C=O) groups is 3. The third kappa shape index (κ3) is 13.2. The van der Waals surface area contributed by atoms with Crippen molar-refractivity contribution in [2.24, 2.45) is 23.7 Å². The highest BCUT2D eigenvalue weighted by molar-refractivity contribution is 5.97. The lowest BCUT2D eigenvalue weighted by Crippen LogP contribution is -2.13. The van der Waals surface area contributed by atoms with Gasteiger partial charge in [-0.2, -0.15) is 0 Å². The van der Waals surface area contributed by atoms with Crippen LogP contribution in [0, 0.1) is 23.7 Å². The summed E-state index contributed by atoms with van der Waals surface area (Å²) >= 11 is 0. The minimum atomic E-state index is 0.0948. The molecule has 0 atom stereocenters. The van der Waals surface area contributed by atoms with Crippen LogP contribution in [0.4, 0.5) is 0 Å². The third-order valence-electron chi connectivity index (χ3n) is 3.53. The predicted molar refractivity (Wildman–Crippen MR) is 106 cm³/mol. The topological polar surface area (TPSA) is 51.2 Å². The van der Waals surface area contributed by atoms with Crippen molar-refractivity contribution in [1.29, 1.82) is 0 Å². The number of hydrogen-bond acceptors (Lipinski definition) is 3. The number of rotatable bonds is 5. The second-order valence-corrected chi connectivity index (χ2v) is 7.36. The fourth-order valence-corrected chi connectivity index (χ4v) is 1.60. The molecule has 0 saturated heterocycles. The maximum atomic E-state index is 11.3. The van der Waals surface area contributed by atoms with Gasteiger partial charge in [-0.3, -0.25) is 14.4 Å². The molecule has 1 aromatic rings. The highest BCUT2D eigenvalue weighted by Crippen LogP contribution is 2.06. The molecule has 1 rings (SSSR count). The first-order valence-electron chi connectivity index (χ1n) is 9.05. The Bertz CT molecular complexity index is 501. The fraction of sp³-hybridized carbons (Fsp3) is 0.591. The Morgan fingerprint density at radius 3 is 1.20 bits per heavy atom. The molecule has 0 aromatic heterocycles. The summed E-state index contributed by atoms with van der Waals surface area (Å²) < 4.78 is 0. The summed E-state index contributed by atoms with van der Waals surface area (Å²) in [7, 11) is 0. The zero-order valence-electron chi connectivity index (χ0n) is 17.4. The molecule has 25 heavy (non-hydrogen) atoms. The first-order chi connectivity index (χ1) is 11.4. The van der Waals surface area contributed by atoms with E-state index in [0.717, 1.165) is 5.56 Å². The van der Waals surface area contributed by atoms with Crippen molar-refractivity contribution in [3.05, 3.63) is 35.9 Å². The Morgan fingerprint density at radius 1 is 0.640 bits per heavy atom. The molecule has 0 aliphatic rings. The average molecular weight is 349 g/mol. The van der Waals surface area contributed by atoms with Crippen LogP contribution in [0.2, 0.25) is 0 Å². The van der Waals surface area contributed by atoms with Crippen molar-refractivity contribution in [3.63, 3.8) is 0 Å². The third-order valence-corrected chi connectivity index (χ3v) is 3.53. The molecule has 0 amide bonds. The Balaban J connectivity index is 0. The molecule has 0 fully saturated rings. The van der Waals surface area contributed by atoms with Crippen molar-refractivity contribution in [2.45, 2.75) is 62.3 Å². The Morgan fingerprint density at radius 2 is 1.00 bits per heavy atom. The van der Waals surface area contributed by atoms with Gasteiger partial charge in [0.1, 0.15) is 11.6 Å². The Hall–Kier alpha value is -1.77. The van der Waals surface area contributed by atoms with Gasteiger partial charge in [0, 0.05) is 29.2 Å². The van der Waals surface area contributed by atoms with Crippen molar-refractivity contribution in [1.82, 2.24) is 0 Å². The molecule has 142 valence electrons. The summed E-state index contributed by atoms with van der Waals surface area (Å²) in [5.74, 6) is 1.54. The van der Waals surface area contributed by atoms with Gasteiger partial charge in [0.25, 0.3) is 0 Å². The van der Waals surface area contributed by atoms with E-state index in [1.54, 1.807) is 6.92 Å². The fourth-order valence-electron chi connectivity index (χ4n) is 1.60. The number of benzene rings is 1. The Labute approximate surface area is 154 Å². The minimum absolute atomic E-state index is 0.0948. The normalized spacial score (nSPS) is 10.1. The smallest absolute Gasteiger partial charge is 0.165 e. The summed E-state index contributed by atoms with van der Waals surface area (Å²) in [5.41, 5.74) is 0.808. The van der Waals surface area contributed by atoms with Crippen LogP contribution in [0.1, 0.15) is 72.7 Å². The number of hydrogen-bond donors (Lipinski definition) is 0. The maximum Gasteiger partial charge on any atom is 0.165 e. The Kier molecular flexibility index (Phi) is 13.8. The number of Topliss-reactive ketones (excluding diaryl/α,β-unsaturated/α-hetero) is 3. The molecule has 0 saturated carbocycles. The summed E-state index contributed by atoms with van der Waals surface area (Å²) in [6.45, 7) is 16.9. The van der Waals surface area contributed by atoms with Crippen LogP contribution in [0.3, 0.4) is 0 Å². The van der Waals surface area contributed by atoms with Crippen LogP contribution < -0.4 is 0 Å². The van der Waals surface area contributed by atoms with Crippen LogP contribution in [0.5, 0.6) is 0 Å². The van der Waals surface area contributed by atoms with E-state index in [0.29, 0.717) is 5.78 Å². The van der Waals surface area contributed by atoms with E-state index in [-0.39, 0.29) is 35.2 Å². The van der Waals surface area contributed by atoms with Crippen LogP contribution in [-0.4, -0.2) is 17.3 Å². The van der Waals surface area contributed by atoms with Crippen LogP contribution in [0.15, 0.2) is 30.3 Å². The molecular formula is C22H36O3. The van der Waals surface area contributed by atoms with Crippen molar-refractivity contribution in [3.8, 4) is 0 Å². The van der Waals surface area contributed by atoms with Crippen LogP contribution in [0.25, 0.3) is 0 Å². The van der Waals surface area contributed by atoms with Gasteiger partial charge in [-0.05, 0) is 6.92 Å². The number of ketones is 3. The zero-order valence-corrected chi connectivity index (χ0v) is 17.4. The van der Waals surface area contributed by atoms with Crippen molar-refractivity contribution in [2.75, 3.05) is 0 Å². The largest absolute Gasteiger partial charge is 0.300 e. The summed E-state index contributed by atoms with van der Waals surface area (Å²) in [6.07, 6.45) is 0. The monoisotopic (exact) mass is 348 g/mol. The van der Waals surface area contributed by atoms with E-state index in [9.17, 15) is 14.4 Å². The van der Waals surface area contributed by atoms with Gasteiger partial charge in [0.15, 0.2) is 5.78 Å². The highest BCUT2D eigenvalue weighted by Gasteiger charge is 2.10. The van der Waals surface area contributed by atoms with Gasteiger partial charge in [0.2, 0.25) is 0 Å². The lowest BCUT2D eigenvalue weighted by molar-refractivity contribution is -0.124. The first-order valence-corrected chi connectivity index (χ1v) is 9.05. The molecule has 3 heteroatoms. The molecular weight excluding hydrogens is 312 g/mol. The van der Waals surface area contributed by atoms with Gasteiger partial charge in [0.05, 0.1) is 0 Å². The minimum Gasteiger partial charge on any atom is -0.300 e. The lowest BCUT2D eigenvalue weighted by Gasteiger charge is -2.05. The van der Waals surface area contributed by atoms with Gasteiger partial charge in [-0.25, -0.2) is 0 Å². The molecule has 0 aliphatic heterocycles. The molecule has 3 nitrogen and oxygen atoms in total. The molecule has 0 radical (unpaired) electrons. The summed E-state index contributed by atoms with van der Waals surface area (Å²) in [4.78, 5) is 32.3. The van der Waals surface area contributed by atoms with Gasteiger partial charge >= 0.3 is 0 Å². The highest BCUT2D eigenvalue weighted by atomic mass is 16.1. The van der Waals surface area contributed by atoms with Crippen molar-refractivity contribution >= 4 is 17.3 Å². The lowest BCUT2D eigenvalue weighted by atomic mass is 9.99. The first kappa shape index (κ1) is 25.5. The van der Waals surface area contributed by atoms with E-state index in [4.69, 9.17) is 0 Å². The van der Waals surface area contributed by atoms with Crippen LogP contribution in [-0.2, 0) is 9.59 Å². The zero-order chi connectivity index (χ0) is 20.2. The molecule has 0 spiro atoms. The van der Waals surface area contributed by atoms with Gasteiger partial charge in [-0.15, -0.1) is 0 Å². The SMILES string of the molecule is CC(=O)C(C)C.CC(C)C(=O)C(C)C.CC(C)C(=O)c1ccccc1. The maximum absolute atomic E-state index is 11.3. The molecule has 0 unspecified atom stereocenters. The van der Waals surface area contributed by atoms with Crippen LogP contribution >= 0.6 is 0 Å². The molecule has 0 heterocycles. The quantitative estimate of drug-likeness (QED) is 0.648. The van der Waals surface area contributed by atoms with Gasteiger partial charge in [-0.1, -0.05) is 85.7 Å². The average Bonchev–Trinajstić information content (AvgIpc) is 2.54.